The van der Waals surface area contributed by atoms with Gasteiger partial charge in [-0.05, 0) is 44.9 Å². The van der Waals surface area contributed by atoms with E-state index < -0.39 is 10.0 Å². The molecule has 0 aliphatic heterocycles. The predicted octanol–water partition coefficient (Wildman–Crippen LogP) is 2.96. The normalized spacial score (nSPS) is 12.0. The molecule has 0 spiro atoms. The van der Waals surface area contributed by atoms with Crippen LogP contribution < -0.4 is 5.32 Å². The number of benzene rings is 1. The van der Waals surface area contributed by atoms with Crippen LogP contribution >= 0.6 is 11.6 Å². The molecule has 1 N–H and O–H groups in total. The number of carbonyl (C=O) groups is 1. The van der Waals surface area contributed by atoms with Gasteiger partial charge in [-0.3, -0.25) is 4.79 Å². The molecule has 0 heterocycles. The molecule has 0 bridgehead atoms. The first-order chi connectivity index (χ1) is 10.0. The molecule has 1 aromatic rings. The Bertz CT molecular complexity index is 634. The Morgan fingerprint density at radius 1 is 1.32 bits per heavy atom. The summed E-state index contributed by atoms with van der Waals surface area (Å²) in [7, 11) is -3.33. The molecule has 1 aromatic carbocycles. The van der Waals surface area contributed by atoms with E-state index in [4.69, 9.17) is 11.6 Å². The van der Waals surface area contributed by atoms with Gasteiger partial charge in [0.2, 0.25) is 15.9 Å². The number of halogens is 1. The summed E-state index contributed by atoms with van der Waals surface area (Å²) in [5, 5.41) is 3.24. The summed E-state index contributed by atoms with van der Waals surface area (Å²) < 4.78 is 24.6. The third-order valence-corrected chi connectivity index (χ3v) is 5.01. The van der Waals surface area contributed by atoms with Crippen molar-refractivity contribution in [2.75, 3.05) is 18.1 Å². The van der Waals surface area contributed by atoms with Gasteiger partial charge >= 0.3 is 0 Å². The molecule has 1 rings (SSSR count). The van der Waals surface area contributed by atoms with E-state index in [2.05, 4.69) is 5.32 Å². The average Bonchev–Trinajstić information content (AvgIpc) is 2.31. The number of amides is 1. The van der Waals surface area contributed by atoms with Gasteiger partial charge in [0.05, 0.1) is 17.0 Å². The summed E-state index contributed by atoms with van der Waals surface area (Å²) in [6.45, 7) is 7.49. The van der Waals surface area contributed by atoms with Crippen LogP contribution in [0.1, 0.15) is 31.4 Å². The molecule has 0 aliphatic rings. The number of anilines is 1. The Labute approximate surface area is 137 Å². The molecule has 7 heteroatoms. The maximum absolute atomic E-state index is 12.1. The topological polar surface area (TPSA) is 66.5 Å². The van der Waals surface area contributed by atoms with Crippen molar-refractivity contribution in [3.8, 4) is 0 Å². The highest BCUT2D eigenvalue weighted by Gasteiger charge is 2.21. The summed E-state index contributed by atoms with van der Waals surface area (Å²) in [5.74, 6) is -0.261. The summed E-state index contributed by atoms with van der Waals surface area (Å²) in [6, 6.07) is 3.52. The molecule has 0 atom stereocenters. The second kappa shape index (κ2) is 7.44. The zero-order chi connectivity index (χ0) is 17.1. The molecular weight excluding hydrogens is 324 g/mol. The van der Waals surface area contributed by atoms with E-state index in [0.717, 1.165) is 17.4 Å². The first-order valence-electron chi connectivity index (χ1n) is 7.05. The fourth-order valence-electron chi connectivity index (χ4n) is 2.29. The Morgan fingerprint density at radius 2 is 1.91 bits per heavy atom. The van der Waals surface area contributed by atoms with Crippen molar-refractivity contribution in [2.45, 2.75) is 40.2 Å². The molecule has 22 heavy (non-hydrogen) atoms. The Morgan fingerprint density at radius 3 is 2.36 bits per heavy atom. The summed E-state index contributed by atoms with van der Waals surface area (Å²) in [6.07, 6.45) is 1.22. The van der Waals surface area contributed by atoms with Gasteiger partial charge in [0.25, 0.3) is 0 Å². The number of hydrogen-bond acceptors (Lipinski definition) is 3. The van der Waals surface area contributed by atoms with Gasteiger partial charge in [0.1, 0.15) is 0 Å². The molecule has 0 aromatic heterocycles. The van der Waals surface area contributed by atoms with Gasteiger partial charge in [-0.25, -0.2) is 8.42 Å². The molecule has 0 fully saturated rings. The maximum Gasteiger partial charge on any atom is 0.225 e. The summed E-state index contributed by atoms with van der Waals surface area (Å²) in [4.78, 5) is 12.1. The average molecular weight is 347 g/mol. The van der Waals surface area contributed by atoms with Gasteiger partial charge in [-0.1, -0.05) is 17.7 Å². The maximum atomic E-state index is 12.1. The minimum absolute atomic E-state index is 0.0783. The largest absolute Gasteiger partial charge is 0.325 e. The van der Waals surface area contributed by atoms with Crippen molar-refractivity contribution in [3.63, 3.8) is 0 Å². The summed E-state index contributed by atoms with van der Waals surface area (Å²) in [5.41, 5.74) is 2.47. The molecule has 0 unspecified atom stereocenters. The number of sulfonamides is 1. The zero-order valence-electron chi connectivity index (χ0n) is 13.6. The van der Waals surface area contributed by atoms with Crippen LogP contribution in [-0.2, 0) is 14.8 Å². The van der Waals surface area contributed by atoms with Crippen LogP contribution in [0.25, 0.3) is 0 Å². The van der Waals surface area contributed by atoms with Crippen molar-refractivity contribution in [2.24, 2.45) is 0 Å². The SMILES string of the molecule is Cc1cc(C)c(NC(=O)CCN(C(C)C)S(C)(=O)=O)c(Cl)c1. The smallest absolute Gasteiger partial charge is 0.225 e. The van der Waals surface area contributed by atoms with Crippen molar-refractivity contribution in [3.05, 3.63) is 28.3 Å². The number of rotatable bonds is 6. The fraction of sp³-hybridized carbons (Fsp3) is 0.533. The lowest BCUT2D eigenvalue weighted by Gasteiger charge is -2.23. The van der Waals surface area contributed by atoms with Crippen molar-refractivity contribution in [1.82, 2.24) is 4.31 Å². The lowest BCUT2D eigenvalue weighted by atomic mass is 10.1. The Hall–Kier alpha value is -1.11. The first kappa shape index (κ1) is 18.9. The number of hydrogen-bond donors (Lipinski definition) is 1. The molecule has 1 amide bonds. The van der Waals surface area contributed by atoms with Crippen LogP contribution in [0.3, 0.4) is 0 Å². The van der Waals surface area contributed by atoms with Crippen LogP contribution in [0, 0.1) is 13.8 Å². The van der Waals surface area contributed by atoms with E-state index >= 15 is 0 Å². The second-order valence-corrected chi connectivity index (χ2v) is 8.05. The van der Waals surface area contributed by atoms with E-state index in [1.54, 1.807) is 19.9 Å². The van der Waals surface area contributed by atoms with E-state index in [-0.39, 0.29) is 24.9 Å². The lowest BCUT2D eigenvalue weighted by molar-refractivity contribution is -0.116. The van der Waals surface area contributed by atoms with Gasteiger partial charge in [0, 0.05) is 19.0 Å². The van der Waals surface area contributed by atoms with Crippen molar-refractivity contribution < 1.29 is 13.2 Å². The molecule has 5 nitrogen and oxygen atoms in total. The van der Waals surface area contributed by atoms with Crippen LogP contribution in [0.2, 0.25) is 5.02 Å². The van der Waals surface area contributed by atoms with Gasteiger partial charge in [-0.2, -0.15) is 4.31 Å². The molecule has 0 aliphatic carbocycles. The van der Waals surface area contributed by atoms with E-state index in [1.165, 1.54) is 4.31 Å². The van der Waals surface area contributed by atoms with Crippen molar-refractivity contribution in [1.29, 1.82) is 0 Å². The van der Waals surface area contributed by atoms with E-state index in [1.807, 2.05) is 19.9 Å². The lowest BCUT2D eigenvalue weighted by Crippen LogP contribution is -2.38. The monoisotopic (exact) mass is 346 g/mol. The number of nitrogens with zero attached hydrogens (tertiary/aromatic N) is 1. The highest BCUT2D eigenvalue weighted by molar-refractivity contribution is 7.88. The highest BCUT2D eigenvalue weighted by Crippen LogP contribution is 2.27. The minimum atomic E-state index is -3.33. The number of carbonyl (C=O) groups excluding carboxylic acids is 1. The third kappa shape index (κ3) is 5.26. The number of nitrogens with one attached hydrogen (secondary N) is 1. The predicted molar refractivity (Wildman–Crippen MR) is 90.9 cm³/mol. The van der Waals surface area contributed by atoms with Crippen LogP contribution in [0.15, 0.2) is 12.1 Å². The van der Waals surface area contributed by atoms with E-state index in [9.17, 15) is 13.2 Å². The second-order valence-electron chi connectivity index (χ2n) is 5.70. The van der Waals surface area contributed by atoms with Gasteiger partial charge in [0.15, 0.2) is 0 Å². The van der Waals surface area contributed by atoms with Crippen LogP contribution in [0.5, 0.6) is 0 Å². The van der Waals surface area contributed by atoms with Gasteiger partial charge < -0.3 is 5.32 Å². The van der Waals surface area contributed by atoms with Gasteiger partial charge in [-0.15, -0.1) is 0 Å². The third-order valence-electron chi connectivity index (χ3n) is 3.26. The number of aryl methyl sites for hydroxylation is 2. The molecule has 0 radical (unpaired) electrons. The Kier molecular flexibility index (Phi) is 6.40. The zero-order valence-corrected chi connectivity index (χ0v) is 15.2. The standard InChI is InChI=1S/C15H23ClN2O3S/c1-10(2)18(22(5,20)21)7-6-14(19)17-15-12(4)8-11(3)9-13(15)16/h8-10H,6-7H2,1-5H3,(H,17,19). The quantitative estimate of drug-likeness (QED) is 0.861. The molecule has 0 saturated heterocycles. The molecule has 124 valence electrons. The van der Waals surface area contributed by atoms with Crippen LogP contribution in [0.4, 0.5) is 5.69 Å². The fourth-order valence-corrected chi connectivity index (χ4v) is 3.85. The first-order valence-corrected chi connectivity index (χ1v) is 9.28. The van der Waals surface area contributed by atoms with Crippen LogP contribution in [-0.4, -0.2) is 37.5 Å². The molecular formula is C15H23ClN2O3S. The minimum Gasteiger partial charge on any atom is -0.325 e. The van der Waals surface area contributed by atoms with Crippen molar-refractivity contribution >= 4 is 33.2 Å². The highest BCUT2D eigenvalue weighted by atomic mass is 35.5. The summed E-state index contributed by atoms with van der Waals surface area (Å²) >= 11 is 6.14. The Balaban J connectivity index is 2.76. The van der Waals surface area contributed by atoms with E-state index in [0.29, 0.717) is 10.7 Å². The molecule has 0 saturated carbocycles.